The lowest BCUT2D eigenvalue weighted by Crippen LogP contribution is -2.36. The molecule has 0 fully saturated rings. The first kappa shape index (κ1) is 23.5. The van der Waals surface area contributed by atoms with Crippen LogP contribution >= 0.6 is 0 Å². The highest BCUT2D eigenvalue weighted by Crippen LogP contribution is 2.26. The van der Waals surface area contributed by atoms with Crippen LogP contribution in [0.1, 0.15) is 32.4 Å². The van der Waals surface area contributed by atoms with Crippen molar-refractivity contribution in [1.29, 1.82) is 0 Å². The van der Waals surface area contributed by atoms with Crippen molar-refractivity contribution in [2.45, 2.75) is 44.3 Å². The zero-order valence-corrected chi connectivity index (χ0v) is 17.2. The normalized spacial score (nSPS) is 13.5. The summed E-state index contributed by atoms with van der Waals surface area (Å²) in [5.41, 5.74) is -6.72. The van der Waals surface area contributed by atoms with Crippen molar-refractivity contribution in [3.05, 3.63) is 64.6 Å². The molecule has 0 amide bonds. The third-order valence-corrected chi connectivity index (χ3v) is 4.67. The van der Waals surface area contributed by atoms with E-state index >= 15 is 0 Å². The van der Waals surface area contributed by atoms with Crippen LogP contribution in [0.2, 0.25) is 0 Å². The first-order valence-electron chi connectivity index (χ1n) is 8.69. The van der Waals surface area contributed by atoms with Gasteiger partial charge >= 0.3 is 21.6 Å². The van der Waals surface area contributed by atoms with Gasteiger partial charge in [-0.2, -0.15) is 21.6 Å². The van der Waals surface area contributed by atoms with Crippen molar-refractivity contribution < 1.29 is 35.3 Å². The molecule has 0 radical (unpaired) electrons. The van der Waals surface area contributed by atoms with E-state index in [-0.39, 0.29) is 6.42 Å². The van der Waals surface area contributed by atoms with E-state index in [1.54, 1.807) is 51.1 Å². The molecule has 164 valence electrons. The molecular weight excluding hydrogens is 427 g/mol. The van der Waals surface area contributed by atoms with Crippen LogP contribution in [0, 0.1) is 0 Å². The number of hydrogen-bond donors (Lipinski definition) is 0. The minimum absolute atomic E-state index is 0.0662. The molecule has 0 N–H and O–H groups in total. The van der Waals surface area contributed by atoms with Crippen LogP contribution in [-0.2, 0) is 26.1 Å². The Labute approximate surface area is 171 Å². The molecule has 2 rings (SSSR count). The van der Waals surface area contributed by atoms with Crippen molar-refractivity contribution in [2.24, 2.45) is 0 Å². The molecule has 1 atom stereocenters. The maximum atomic E-state index is 12.7. The minimum Gasteiger partial charge on any atom is -0.458 e. The fourth-order valence-electron chi connectivity index (χ4n) is 2.46. The topological polar surface area (TPSA) is 91.7 Å². The first-order chi connectivity index (χ1) is 13.7. The molecule has 0 aliphatic rings. The lowest BCUT2D eigenvalue weighted by atomic mass is 10.1. The Kier molecular flexibility index (Phi) is 6.65. The van der Waals surface area contributed by atoms with E-state index in [4.69, 9.17) is 4.74 Å². The smallest absolute Gasteiger partial charge is 0.458 e. The third kappa shape index (κ3) is 6.09. The van der Waals surface area contributed by atoms with Gasteiger partial charge in [-0.15, -0.1) is 0 Å². The molecule has 0 aliphatic heterocycles. The van der Waals surface area contributed by atoms with Gasteiger partial charge in [0.05, 0.1) is 0 Å². The van der Waals surface area contributed by atoms with Gasteiger partial charge in [0.25, 0.3) is 5.56 Å². The van der Waals surface area contributed by atoms with Gasteiger partial charge in [-0.05, 0) is 32.4 Å². The number of esters is 1. The van der Waals surface area contributed by atoms with E-state index < -0.39 is 44.5 Å². The number of benzene rings is 1. The van der Waals surface area contributed by atoms with E-state index in [0.29, 0.717) is 11.6 Å². The van der Waals surface area contributed by atoms with Gasteiger partial charge in [0, 0.05) is 18.7 Å². The summed E-state index contributed by atoms with van der Waals surface area (Å²) in [4.78, 5) is 25.2. The molecule has 11 heteroatoms. The maximum Gasteiger partial charge on any atom is 0.534 e. The number of carbonyl (C=O) groups excluding carboxylic acids is 1. The fourth-order valence-corrected chi connectivity index (χ4v) is 2.91. The zero-order valence-electron chi connectivity index (χ0n) is 16.3. The monoisotopic (exact) mass is 447 g/mol. The second-order valence-corrected chi connectivity index (χ2v) is 8.87. The molecule has 0 bridgehead atoms. The molecular formula is C19H20F3NO6S. The average molecular weight is 447 g/mol. The van der Waals surface area contributed by atoms with Gasteiger partial charge in [-0.1, -0.05) is 30.3 Å². The SMILES string of the molecule is CC(C)(C)OC(=O)[C@H](Cc1ccccc1)n1ccc(OS(=O)(=O)C(F)(F)F)cc1=O. The Morgan fingerprint density at radius 1 is 1.10 bits per heavy atom. The Morgan fingerprint density at radius 3 is 2.20 bits per heavy atom. The van der Waals surface area contributed by atoms with Crippen molar-refractivity contribution in [3.63, 3.8) is 0 Å². The van der Waals surface area contributed by atoms with E-state index in [9.17, 15) is 31.2 Å². The van der Waals surface area contributed by atoms with Crippen LogP contribution in [0.4, 0.5) is 13.2 Å². The molecule has 7 nitrogen and oxygen atoms in total. The van der Waals surface area contributed by atoms with Gasteiger partial charge in [-0.3, -0.25) is 4.79 Å². The van der Waals surface area contributed by atoms with Gasteiger partial charge in [0.15, 0.2) is 0 Å². The van der Waals surface area contributed by atoms with Crippen LogP contribution in [0.15, 0.2) is 53.5 Å². The summed E-state index contributed by atoms with van der Waals surface area (Å²) in [5, 5.41) is 0. The maximum absolute atomic E-state index is 12.7. The number of carbonyl (C=O) groups is 1. The van der Waals surface area contributed by atoms with Crippen LogP contribution in [-0.4, -0.2) is 30.1 Å². The Bertz CT molecular complexity index is 1060. The molecule has 1 aromatic carbocycles. The molecule has 0 saturated carbocycles. The van der Waals surface area contributed by atoms with Gasteiger partial charge in [0.2, 0.25) is 0 Å². The number of ether oxygens (including phenoxy) is 1. The van der Waals surface area contributed by atoms with E-state index in [0.717, 1.165) is 16.8 Å². The molecule has 0 unspecified atom stereocenters. The molecule has 30 heavy (non-hydrogen) atoms. The van der Waals surface area contributed by atoms with Gasteiger partial charge in [-0.25, -0.2) is 4.79 Å². The number of nitrogens with zero attached hydrogens (tertiary/aromatic N) is 1. The number of hydrogen-bond acceptors (Lipinski definition) is 6. The number of rotatable bonds is 6. The summed E-state index contributed by atoms with van der Waals surface area (Å²) in [6.07, 6.45) is 1.05. The number of aromatic nitrogens is 1. The van der Waals surface area contributed by atoms with Crippen molar-refractivity contribution in [2.75, 3.05) is 0 Å². The minimum atomic E-state index is -5.93. The largest absolute Gasteiger partial charge is 0.534 e. The standard InChI is InChI=1S/C19H20F3NO6S/c1-18(2,3)28-17(25)15(11-13-7-5-4-6-8-13)23-10-9-14(12-16(23)24)29-30(26,27)19(20,21)22/h4-10,12,15H,11H2,1-3H3/t15-/m0/s1. The number of pyridine rings is 1. The summed E-state index contributed by atoms with van der Waals surface area (Å²) in [5.74, 6) is -1.55. The van der Waals surface area contributed by atoms with Crippen LogP contribution in [0.5, 0.6) is 5.75 Å². The second kappa shape index (κ2) is 8.50. The number of halogens is 3. The summed E-state index contributed by atoms with van der Waals surface area (Å²) in [6.45, 7) is 4.94. The summed E-state index contributed by atoms with van der Waals surface area (Å²) >= 11 is 0. The quantitative estimate of drug-likeness (QED) is 0.384. The molecule has 1 aromatic heterocycles. The van der Waals surface area contributed by atoms with Gasteiger partial charge in [0.1, 0.15) is 17.4 Å². The predicted octanol–water partition coefficient (Wildman–Crippen LogP) is 3.20. The average Bonchev–Trinajstić information content (AvgIpc) is 2.58. The molecule has 0 spiro atoms. The molecule has 1 heterocycles. The van der Waals surface area contributed by atoms with Crippen molar-refractivity contribution >= 4 is 16.1 Å². The summed E-state index contributed by atoms with van der Waals surface area (Å²) < 4.78 is 70.0. The Morgan fingerprint density at radius 2 is 1.70 bits per heavy atom. The highest BCUT2D eigenvalue weighted by molar-refractivity contribution is 7.88. The summed E-state index contributed by atoms with van der Waals surface area (Å²) in [7, 11) is -5.93. The second-order valence-electron chi connectivity index (χ2n) is 7.33. The molecule has 2 aromatic rings. The number of alkyl halides is 3. The zero-order chi connectivity index (χ0) is 22.7. The van der Waals surface area contributed by atoms with E-state index in [1.807, 2.05) is 0 Å². The van der Waals surface area contributed by atoms with Crippen LogP contribution < -0.4 is 9.74 Å². The summed E-state index contributed by atoms with van der Waals surface area (Å²) in [6, 6.07) is 8.99. The van der Waals surface area contributed by atoms with E-state index in [1.165, 1.54) is 0 Å². The Hall–Kier alpha value is -2.82. The highest BCUT2D eigenvalue weighted by Gasteiger charge is 2.48. The van der Waals surface area contributed by atoms with Crippen LogP contribution in [0.3, 0.4) is 0 Å². The van der Waals surface area contributed by atoms with Crippen molar-refractivity contribution in [1.82, 2.24) is 4.57 Å². The lowest BCUT2D eigenvalue weighted by Gasteiger charge is -2.25. The van der Waals surface area contributed by atoms with Gasteiger partial charge < -0.3 is 13.5 Å². The Balaban J connectivity index is 2.41. The van der Waals surface area contributed by atoms with E-state index in [2.05, 4.69) is 4.18 Å². The molecule has 0 aliphatic carbocycles. The fraction of sp³-hybridized carbons (Fsp3) is 0.368. The van der Waals surface area contributed by atoms with Crippen LogP contribution in [0.25, 0.3) is 0 Å². The lowest BCUT2D eigenvalue weighted by molar-refractivity contribution is -0.159. The van der Waals surface area contributed by atoms with Crippen molar-refractivity contribution in [3.8, 4) is 5.75 Å². The predicted molar refractivity (Wildman–Crippen MR) is 101 cm³/mol. The first-order valence-corrected chi connectivity index (χ1v) is 10.1. The third-order valence-electron chi connectivity index (χ3n) is 3.70. The highest BCUT2D eigenvalue weighted by atomic mass is 32.2. The molecule has 0 saturated heterocycles.